The summed E-state index contributed by atoms with van der Waals surface area (Å²) in [6, 6.07) is 25.4. The highest BCUT2D eigenvalue weighted by Crippen LogP contribution is 2.55. The van der Waals surface area contributed by atoms with E-state index in [1.54, 1.807) is 18.2 Å². The lowest BCUT2D eigenvalue weighted by molar-refractivity contribution is 0.0951. The molecule has 3 aromatic rings. The van der Waals surface area contributed by atoms with Gasteiger partial charge in [0.25, 0.3) is 0 Å². The first-order valence-electron chi connectivity index (χ1n) is 10.4. The van der Waals surface area contributed by atoms with Crippen LogP contribution in [-0.4, -0.2) is 17.9 Å². The van der Waals surface area contributed by atoms with E-state index in [1.165, 1.54) is 0 Å². The fraction of sp³-hybridized carbons (Fsp3) is 0.148. The van der Waals surface area contributed by atoms with Crippen molar-refractivity contribution in [2.24, 2.45) is 5.41 Å². The van der Waals surface area contributed by atoms with Gasteiger partial charge in [0.15, 0.2) is 11.2 Å². The van der Waals surface area contributed by atoms with Crippen LogP contribution < -0.4 is 4.90 Å². The van der Waals surface area contributed by atoms with E-state index in [4.69, 9.17) is 11.6 Å². The van der Waals surface area contributed by atoms with Crippen LogP contribution in [0, 0.1) is 28.1 Å². The number of benzene rings is 3. The second-order valence-corrected chi connectivity index (χ2v) is 9.57. The molecule has 2 aliphatic rings. The molecular weight excluding hydrogens is 498 g/mol. The molecule has 0 saturated carbocycles. The van der Waals surface area contributed by atoms with Gasteiger partial charge < -0.3 is 4.90 Å². The first kappa shape index (κ1) is 21.5. The first-order valence-corrected chi connectivity index (χ1v) is 11.6. The van der Waals surface area contributed by atoms with Crippen molar-refractivity contribution in [1.82, 2.24) is 0 Å². The van der Waals surface area contributed by atoms with Gasteiger partial charge in [0.2, 0.25) is 0 Å². The van der Waals surface area contributed by atoms with E-state index in [2.05, 4.69) is 28.1 Å². The number of nitriles is 2. The van der Waals surface area contributed by atoms with Gasteiger partial charge in [0.05, 0.1) is 18.2 Å². The molecule has 3 atom stereocenters. The van der Waals surface area contributed by atoms with Gasteiger partial charge in [-0.25, -0.2) is 0 Å². The highest BCUT2D eigenvalue weighted by molar-refractivity contribution is 9.10. The quantitative estimate of drug-likeness (QED) is 0.380. The Hall–Kier alpha value is -3.38. The van der Waals surface area contributed by atoms with Crippen LogP contribution in [0.1, 0.15) is 27.4 Å². The third-order valence-electron chi connectivity index (χ3n) is 6.50. The van der Waals surface area contributed by atoms with Crippen LogP contribution in [0.25, 0.3) is 6.08 Å². The highest BCUT2D eigenvalue weighted by atomic mass is 79.9. The summed E-state index contributed by atoms with van der Waals surface area (Å²) in [5, 5.41) is 21.4. The van der Waals surface area contributed by atoms with Gasteiger partial charge in [0.1, 0.15) is 6.04 Å². The Kier molecular flexibility index (Phi) is 5.33. The number of carbonyl (C=O) groups excluding carboxylic acids is 1. The Bertz CT molecular complexity index is 1360. The zero-order chi connectivity index (χ0) is 23.2. The van der Waals surface area contributed by atoms with Crippen LogP contribution in [0.4, 0.5) is 5.69 Å². The Morgan fingerprint density at radius 2 is 1.76 bits per heavy atom. The molecule has 0 unspecified atom stereocenters. The largest absolute Gasteiger partial charge is 0.351 e. The first-order chi connectivity index (χ1) is 16.0. The summed E-state index contributed by atoms with van der Waals surface area (Å²) < 4.78 is 0.789. The molecule has 3 aromatic carbocycles. The van der Waals surface area contributed by atoms with E-state index < -0.39 is 23.4 Å². The van der Waals surface area contributed by atoms with Crippen LogP contribution in [0.15, 0.2) is 83.3 Å². The number of halogens is 2. The molecule has 2 heterocycles. The maximum atomic E-state index is 14.1. The van der Waals surface area contributed by atoms with Crippen molar-refractivity contribution < 1.29 is 4.79 Å². The van der Waals surface area contributed by atoms with Gasteiger partial charge >= 0.3 is 0 Å². The summed E-state index contributed by atoms with van der Waals surface area (Å²) in [7, 11) is 0. The van der Waals surface area contributed by atoms with Crippen LogP contribution in [0.5, 0.6) is 0 Å². The van der Waals surface area contributed by atoms with E-state index in [9.17, 15) is 15.3 Å². The highest BCUT2D eigenvalue weighted by Gasteiger charge is 2.63. The number of fused-ring (bicyclic) bond motifs is 3. The van der Waals surface area contributed by atoms with Gasteiger partial charge in [-0.05, 0) is 41.5 Å². The zero-order valence-electron chi connectivity index (χ0n) is 17.3. The molecule has 0 aliphatic carbocycles. The number of Topliss-reactive ketones (excluding diaryl/α,β-unsaturated/α-hetero) is 1. The van der Waals surface area contributed by atoms with Gasteiger partial charge in [-0.15, -0.1) is 0 Å². The average molecular weight is 515 g/mol. The third kappa shape index (κ3) is 3.28. The van der Waals surface area contributed by atoms with Crippen LogP contribution in [0.2, 0.25) is 5.02 Å². The Morgan fingerprint density at radius 3 is 2.45 bits per heavy atom. The van der Waals surface area contributed by atoms with Crippen molar-refractivity contribution in [2.75, 3.05) is 4.90 Å². The summed E-state index contributed by atoms with van der Waals surface area (Å²) in [6.45, 7) is 0. The van der Waals surface area contributed by atoms with E-state index in [1.807, 2.05) is 71.6 Å². The number of hydrogen-bond donors (Lipinski definition) is 0. The van der Waals surface area contributed by atoms with Gasteiger partial charge in [-0.3, -0.25) is 4.79 Å². The molecule has 0 radical (unpaired) electrons. The van der Waals surface area contributed by atoms with Crippen LogP contribution in [0.3, 0.4) is 0 Å². The standard InChI is InChI=1S/C27H17BrClN3O/c28-20-8-4-7-19(13-20)26(33)25-24(17-5-2-1-3-6-17)27(15-30,16-31)23-12-9-18-14-21(29)10-11-22(18)32(23)25/h1-14,23-25H/t23-,24+,25+/m0/s1. The average Bonchev–Trinajstić information content (AvgIpc) is 3.14. The smallest absolute Gasteiger partial charge is 0.186 e. The molecule has 0 amide bonds. The third-order valence-corrected chi connectivity index (χ3v) is 7.23. The second-order valence-electron chi connectivity index (χ2n) is 8.21. The lowest BCUT2D eigenvalue weighted by atomic mass is 9.69. The van der Waals surface area contributed by atoms with Crippen molar-refractivity contribution >= 4 is 45.1 Å². The van der Waals surface area contributed by atoms with Gasteiger partial charge in [-0.1, -0.05) is 82.1 Å². The van der Waals surface area contributed by atoms with Crippen molar-refractivity contribution in [3.63, 3.8) is 0 Å². The summed E-state index contributed by atoms with van der Waals surface area (Å²) in [5.74, 6) is -0.796. The van der Waals surface area contributed by atoms with E-state index in [0.717, 1.165) is 21.3 Å². The normalized spacial score (nSPS) is 22.1. The molecule has 1 fully saturated rings. The van der Waals surface area contributed by atoms with Crippen LogP contribution >= 0.6 is 27.5 Å². The van der Waals surface area contributed by atoms with Crippen molar-refractivity contribution in [3.05, 3.63) is 105 Å². The SMILES string of the molecule is N#CC1(C#N)[C@H](c2ccccc2)[C@H](C(=O)c2cccc(Br)c2)N2c3ccc(Cl)cc3C=C[C@H]21. The fourth-order valence-electron chi connectivity index (χ4n) is 5.11. The number of anilines is 1. The number of nitrogens with zero attached hydrogens (tertiary/aromatic N) is 3. The van der Waals surface area contributed by atoms with Gasteiger partial charge in [-0.2, -0.15) is 10.5 Å². The molecule has 2 aliphatic heterocycles. The van der Waals surface area contributed by atoms with E-state index in [0.29, 0.717) is 10.6 Å². The maximum absolute atomic E-state index is 14.1. The number of hydrogen-bond acceptors (Lipinski definition) is 4. The van der Waals surface area contributed by atoms with Crippen LogP contribution in [-0.2, 0) is 0 Å². The molecule has 0 N–H and O–H groups in total. The minimum Gasteiger partial charge on any atom is -0.351 e. The van der Waals surface area contributed by atoms with Gasteiger partial charge in [0, 0.05) is 26.7 Å². The summed E-state index contributed by atoms with van der Waals surface area (Å²) in [5.41, 5.74) is 1.48. The molecule has 0 aromatic heterocycles. The van der Waals surface area contributed by atoms with Crippen molar-refractivity contribution in [2.45, 2.75) is 18.0 Å². The van der Waals surface area contributed by atoms with Crippen molar-refractivity contribution in [3.8, 4) is 12.1 Å². The molecule has 160 valence electrons. The number of ketones is 1. The monoisotopic (exact) mass is 513 g/mol. The molecule has 0 spiro atoms. The summed E-state index contributed by atoms with van der Waals surface area (Å²) in [6.07, 6.45) is 3.75. The minimum absolute atomic E-state index is 0.140. The Morgan fingerprint density at radius 1 is 1.00 bits per heavy atom. The van der Waals surface area contributed by atoms with E-state index in [-0.39, 0.29) is 5.78 Å². The van der Waals surface area contributed by atoms with Crippen molar-refractivity contribution in [1.29, 1.82) is 10.5 Å². The molecule has 6 heteroatoms. The number of rotatable bonds is 3. The maximum Gasteiger partial charge on any atom is 0.186 e. The Balaban J connectivity index is 1.79. The molecule has 1 saturated heterocycles. The summed E-state index contributed by atoms with van der Waals surface area (Å²) >= 11 is 9.69. The molecular formula is C27H17BrClN3O. The lowest BCUT2D eigenvalue weighted by Crippen LogP contribution is -2.44. The predicted molar refractivity (Wildman–Crippen MR) is 132 cm³/mol. The fourth-order valence-corrected chi connectivity index (χ4v) is 5.69. The van der Waals surface area contributed by atoms with E-state index >= 15 is 0 Å². The minimum atomic E-state index is -1.46. The Labute approximate surface area is 205 Å². The summed E-state index contributed by atoms with van der Waals surface area (Å²) in [4.78, 5) is 16.0. The predicted octanol–water partition coefficient (Wildman–Crippen LogP) is 6.39. The lowest BCUT2D eigenvalue weighted by Gasteiger charge is -2.35. The molecule has 0 bridgehead atoms. The zero-order valence-corrected chi connectivity index (χ0v) is 19.7. The molecule has 5 rings (SSSR count). The number of carbonyl (C=O) groups is 1. The molecule has 4 nitrogen and oxygen atoms in total. The molecule has 33 heavy (non-hydrogen) atoms. The second kappa shape index (κ2) is 8.19. The topological polar surface area (TPSA) is 67.9 Å².